The van der Waals surface area contributed by atoms with E-state index in [1.54, 1.807) is 19.1 Å². The second-order valence-corrected chi connectivity index (χ2v) is 6.16. The molecule has 0 saturated heterocycles. The summed E-state index contributed by atoms with van der Waals surface area (Å²) in [4.78, 5) is 24.7. The molecular weight excluding hydrogens is 316 g/mol. The van der Waals surface area contributed by atoms with Gasteiger partial charge in [0.1, 0.15) is 0 Å². The van der Waals surface area contributed by atoms with E-state index in [2.05, 4.69) is 10.6 Å². The summed E-state index contributed by atoms with van der Waals surface area (Å²) in [5.41, 5.74) is 2.49. The van der Waals surface area contributed by atoms with Crippen molar-refractivity contribution in [3.63, 3.8) is 0 Å². The number of rotatable bonds is 7. The van der Waals surface area contributed by atoms with Crippen LogP contribution in [-0.2, 0) is 4.79 Å². The molecule has 0 radical (unpaired) electrons. The highest BCUT2D eigenvalue weighted by atomic mass is 16.3. The van der Waals surface area contributed by atoms with Crippen LogP contribution in [0.5, 0.6) is 0 Å². The molecule has 2 aromatic carbocycles. The van der Waals surface area contributed by atoms with Crippen LogP contribution in [0.2, 0.25) is 0 Å². The van der Waals surface area contributed by atoms with E-state index in [1.165, 1.54) is 0 Å². The molecule has 0 heterocycles. The van der Waals surface area contributed by atoms with Gasteiger partial charge in [-0.15, -0.1) is 0 Å². The first-order valence-electron chi connectivity index (χ1n) is 8.32. The third kappa shape index (κ3) is 5.72. The molecule has 5 nitrogen and oxygen atoms in total. The van der Waals surface area contributed by atoms with E-state index in [0.29, 0.717) is 5.56 Å². The molecule has 0 aliphatic rings. The summed E-state index contributed by atoms with van der Waals surface area (Å²) in [7, 11) is 0. The minimum atomic E-state index is -0.444. The van der Waals surface area contributed by atoms with Crippen molar-refractivity contribution in [2.24, 2.45) is 0 Å². The highest BCUT2D eigenvalue weighted by Gasteiger charge is 2.20. The lowest BCUT2D eigenvalue weighted by Gasteiger charge is -2.20. The summed E-state index contributed by atoms with van der Waals surface area (Å²) in [6.07, 6.45) is 0.103. The first-order valence-corrected chi connectivity index (χ1v) is 8.32. The van der Waals surface area contributed by atoms with Gasteiger partial charge in [-0.05, 0) is 31.5 Å². The molecule has 0 spiro atoms. The molecule has 25 heavy (non-hydrogen) atoms. The van der Waals surface area contributed by atoms with Crippen LogP contribution in [0.3, 0.4) is 0 Å². The average Bonchev–Trinajstić information content (AvgIpc) is 2.62. The number of hydrogen-bond donors (Lipinski definition) is 3. The maximum atomic E-state index is 12.5. The Hall–Kier alpha value is -2.66. The number of aryl methyl sites for hydroxylation is 1. The Kier molecular flexibility index (Phi) is 6.71. The predicted molar refractivity (Wildman–Crippen MR) is 97.1 cm³/mol. The molecule has 2 atom stereocenters. The number of amides is 2. The first-order chi connectivity index (χ1) is 12.0. The Bertz CT molecular complexity index is 699. The number of nitrogens with one attached hydrogen (secondary N) is 2. The smallest absolute Gasteiger partial charge is 0.251 e. The average molecular weight is 340 g/mol. The Balaban J connectivity index is 2.13. The largest absolute Gasteiger partial charge is 0.394 e. The zero-order valence-corrected chi connectivity index (χ0v) is 14.5. The Morgan fingerprint density at radius 3 is 2.24 bits per heavy atom. The van der Waals surface area contributed by atoms with Crippen LogP contribution in [0.4, 0.5) is 0 Å². The predicted octanol–water partition coefficient (Wildman–Crippen LogP) is 2.35. The summed E-state index contributed by atoms with van der Waals surface area (Å²) in [6.45, 7) is 3.55. The summed E-state index contributed by atoms with van der Waals surface area (Å²) >= 11 is 0. The molecule has 0 fully saturated rings. The van der Waals surface area contributed by atoms with E-state index < -0.39 is 6.04 Å². The molecule has 2 amide bonds. The number of benzene rings is 2. The molecule has 0 bridgehead atoms. The number of hydrogen-bond acceptors (Lipinski definition) is 3. The van der Waals surface area contributed by atoms with Gasteiger partial charge in [0.2, 0.25) is 5.91 Å². The lowest BCUT2D eigenvalue weighted by molar-refractivity contribution is -0.122. The summed E-state index contributed by atoms with van der Waals surface area (Å²) in [6, 6.07) is 15.9. The van der Waals surface area contributed by atoms with Crippen LogP contribution in [0.1, 0.15) is 40.9 Å². The van der Waals surface area contributed by atoms with Gasteiger partial charge in [-0.1, -0.05) is 48.0 Å². The van der Waals surface area contributed by atoms with Crippen molar-refractivity contribution in [1.82, 2.24) is 10.6 Å². The van der Waals surface area contributed by atoms with Gasteiger partial charge in [-0.25, -0.2) is 0 Å². The van der Waals surface area contributed by atoms with Gasteiger partial charge < -0.3 is 15.7 Å². The number of carbonyl (C=O) groups is 2. The maximum absolute atomic E-state index is 12.5. The number of carbonyl (C=O) groups excluding carboxylic acids is 2. The molecule has 0 saturated carbocycles. The molecule has 2 rings (SSSR count). The van der Waals surface area contributed by atoms with Crippen LogP contribution >= 0.6 is 0 Å². The van der Waals surface area contributed by atoms with Crippen LogP contribution in [0, 0.1) is 6.92 Å². The minimum absolute atomic E-state index is 0.103. The third-order valence-corrected chi connectivity index (χ3v) is 3.89. The van der Waals surface area contributed by atoms with Gasteiger partial charge >= 0.3 is 0 Å². The fraction of sp³-hybridized carbons (Fsp3) is 0.300. The molecule has 0 aliphatic carbocycles. The van der Waals surface area contributed by atoms with Gasteiger partial charge in [0.15, 0.2) is 0 Å². The first kappa shape index (κ1) is 18.7. The van der Waals surface area contributed by atoms with Crippen molar-refractivity contribution in [1.29, 1.82) is 0 Å². The lowest BCUT2D eigenvalue weighted by atomic mass is 10.0. The number of aliphatic hydroxyl groups excluding tert-OH is 1. The molecule has 132 valence electrons. The molecule has 2 unspecified atom stereocenters. The van der Waals surface area contributed by atoms with Crippen molar-refractivity contribution >= 4 is 11.8 Å². The van der Waals surface area contributed by atoms with Crippen LogP contribution < -0.4 is 10.6 Å². The summed E-state index contributed by atoms with van der Waals surface area (Å²) < 4.78 is 0. The van der Waals surface area contributed by atoms with E-state index in [4.69, 9.17) is 5.11 Å². The number of aliphatic hydroxyl groups is 1. The van der Waals surface area contributed by atoms with Gasteiger partial charge in [-0.2, -0.15) is 0 Å². The van der Waals surface area contributed by atoms with Gasteiger partial charge in [-0.3, -0.25) is 9.59 Å². The zero-order valence-electron chi connectivity index (χ0n) is 14.5. The Labute approximate surface area is 148 Å². The van der Waals surface area contributed by atoms with Crippen LogP contribution in [0.15, 0.2) is 54.6 Å². The third-order valence-electron chi connectivity index (χ3n) is 3.89. The Morgan fingerprint density at radius 2 is 1.64 bits per heavy atom. The van der Waals surface area contributed by atoms with E-state index in [9.17, 15) is 9.59 Å². The maximum Gasteiger partial charge on any atom is 0.251 e. The highest BCUT2D eigenvalue weighted by Crippen LogP contribution is 2.17. The van der Waals surface area contributed by atoms with Crippen LogP contribution in [-0.4, -0.2) is 29.6 Å². The second kappa shape index (κ2) is 8.99. The van der Waals surface area contributed by atoms with Crippen molar-refractivity contribution < 1.29 is 14.7 Å². The van der Waals surface area contributed by atoms with E-state index >= 15 is 0 Å². The minimum Gasteiger partial charge on any atom is -0.394 e. The fourth-order valence-corrected chi connectivity index (χ4v) is 2.45. The molecule has 3 N–H and O–H groups in total. The molecular formula is C20H24N2O3. The normalized spacial score (nSPS) is 12.9. The summed E-state index contributed by atoms with van der Waals surface area (Å²) in [5.74, 6) is -0.448. The second-order valence-electron chi connectivity index (χ2n) is 6.16. The monoisotopic (exact) mass is 340 g/mol. The van der Waals surface area contributed by atoms with Crippen molar-refractivity contribution in [3.8, 4) is 0 Å². The molecule has 0 aromatic heterocycles. The standard InChI is InChI=1S/C20H24N2O3/c1-14-8-10-17(11-9-14)20(25)22-18(16-6-4-3-5-7-16)12-19(24)21-15(2)13-23/h3-11,15,18,23H,12-13H2,1-2H3,(H,21,24)(H,22,25). The lowest BCUT2D eigenvalue weighted by Crippen LogP contribution is -2.38. The van der Waals surface area contributed by atoms with Gasteiger partial charge in [0.25, 0.3) is 5.91 Å². The SMILES string of the molecule is Cc1ccc(C(=O)NC(CC(=O)NC(C)CO)c2ccccc2)cc1. The van der Waals surface area contributed by atoms with Crippen LogP contribution in [0.25, 0.3) is 0 Å². The van der Waals surface area contributed by atoms with Crippen molar-refractivity contribution in [2.45, 2.75) is 32.4 Å². The van der Waals surface area contributed by atoms with Crippen molar-refractivity contribution in [2.75, 3.05) is 6.61 Å². The highest BCUT2D eigenvalue weighted by molar-refractivity contribution is 5.94. The van der Waals surface area contributed by atoms with E-state index in [-0.39, 0.29) is 30.9 Å². The van der Waals surface area contributed by atoms with Gasteiger partial charge in [0.05, 0.1) is 19.1 Å². The van der Waals surface area contributed by atoms with E-state index in [1.807, 2.05) is 49.4 Å². The quantitative estimate of drug-likeness (QED) is 0.724. The molecule has 2 aromatic rings. The Morgan fingerprint density at radius 1 is 1.00 bits per heavy atom. The topological polar surface area (TPSA) is 78.4 Å². The summed E-state index contributed by atoms with van der Waals surface area (Å²) in [5, 5.41) is 14.7. The fourth-order valence-electron chi connectivity index (χ4n) is 2.45. The van der Waals surface area contributed by atoms with Crippen molar-refractivity contribution in [3.05, 3.63) is 71.3 Å². The zero-order chi connectivity index (χ0) is 18.2. The van der Waals surface area contributed by atoms with E-state index in [0.717, 1.165) is 11.1 Å². The van der Waals surface area contributed by atoms with Gasteiger partial charge in [0, 0.05) is 11.6 Å². The molecule has 5 heteroatoms. The molecule has 0 aliphatic heterocycles.